The van der Waals surface area contributed by atoms with Crippen molar-refractivity contribution in [3.8, 4) is 0 Å². The summed E-state index contributed by atoms with van der Waals surface area (Å²) in [4.78, 5) is 0. The molecular weight excluding hydrogens is 98.1 g/mol. The number of rotatable bonds is 1. The predicted molar refractivity (Wildman–Crippen MR) is 35.8 cm³/mol. The minimum atomic E-state index is 0. The molecule has 2 aliphatic rings. The molecule has 1 nitrogen and oxygen atoms in total. The first-order valence-electron chi connectivity index (χ1n) is 3.58. The first-order valence-corrected chi connectivity index (χ1v) is 3.58. The maximum atomic E-state index is 3.41. The molecule has 0 aromatic rings. The van der Waals surface area contributed by atoms with Crippen LogP contribution in [0.25, 0.3) is 0 Å². The zero-order chi connectivity index (χ0) is 5.61. The van der Waals surface area contributed by atoms with E-state index in [2.05, 4.69) is 12.2 Å². The molecule has 1 aliphatic carbocycles. The Kier molecular flexibility index (Phi) is 0.762. The molecule has 0 unspecified atom stereocenters. The molecule has 2 fully saturated rings. The van der Waals surface area contributed by atoms with E-state index in [9.17, 15) is 0 Å². The molecule has 2 atom stereocenters. The van der Waals surface area contributed by atoms with Crippen molar-refractivity contribution in [3.63, 3.8) is 0 Å². The summed E-state index contributed by atoms with van der Waals surface area (Å²) < 4.78 is 0. The first kappa shape index (κ1) is 4.80. The van der Waals surface area contributed by atoms with Crippen molar-refractivity contribution in [3.05, 3.63) is 0 Å². The minimum Gasteiger partial charge on any atom is -0.316 e. The van der Waals surface area contributed by atoms with Crippen LogP contribution in [0, 0.1) is 11.3 Å². The minimum absolute atomic E-state index is 0. The van der Waals surface area contributed by atoms with Crippen LogP contribution in [0.3, 0.4) is 0 Å². The third kappa shape index (κ3) is 0.408. The Morgan fingerprint density at radius 2 is 2.75 bits per heavy atom. The average molecular weight is 113 g/mol. The van der Waals surface area contributed by atoms with E-state index >= 15 is 0 Å². The van der Waals surface area contributed by atoms with Gasteiger partial charge in [0, 0.05) is 7.97 Å². The molecule has 1 N–H and O–H groups in total. The highest BCUT2D eigenvalue weighted by atomic mass is 15.0. The standard InChI is InChI=1S/C7H13N.H2/c1-2-7-3-6(7)4-8-5-7;/h6,8H,2-5H2,1H3;1H/t6-,7+;/m0./s1. The van der Waals surface area contributed by atoms with Gasteiger partial charge in [-0.05, 0) is 30.7 Å². The molecule has 0 radical (unpaired) electrons. The van der Waals surface area contributed by atoms with E-state index in [1.165, 1.54) is 25.9 Å². The van der Waals surface area contributed by atoms with Gasteiger partial charge in [-0.2, -0.15) is 0 Å². The number of hydrogen-bond acceptors (Lipinski definition) is 1. The Hall–Kier alpha value is -0.0400. The maximum absolute atomic E-state index is 3.41. The summed E-state index contributed by atoms with van der Waals surface area (Å²) in [5, 5.41) is 3.41. The summed E-state index contributed by atoms with van der Waals surface area (Å²) in [6, 6.07) is 0. The van der Waals surface area contributed by atoms with E-state index in [-0.39, 0.29) is 1.43 Å². The van der Waals surface area contributed by atoms with Crippen LogP contribution in [-0.4, -0.2) is 13.1 Å². The molecule has 0 aromatic heterocycles. The monoisotopic (exact) mass is 113 g/mol. The van der Waals surface area contributed by atoms with E-state index in [4.69, 9.17) is 0 Å². The lowest BCUT2D eigenvalue weighted by atomic mass is 10.0. The Morgan fingerprint density at radius 1 is 1.88 bits per heavy atom. The second-order valence-electron chi connectivity index (χ2n) is 3.25. The highest BCUT2D eigenvalue weighted by molar-refractivity contribution is 5.08. The summed E-state index contributed by atoms with van der Waals surface area (Å²) >= 11 is 0. The largest absolute Gasteiger partial charge is 0.316 e. The topological polar surface area (TPSA) is 12.0 Å². The van der Waals surface area contributed by atoms with E-state index in [0.717, 1.165) is 11.3 Å². The zero-order valence-corrected chi connectivity index (χ0v) is 5.41. The number of fused-ring (bicyclic) bond motifs is 1. The molecule has 0 bridgehead atoms. The molecule has 0 amide bonds. The Bertz CT molecular complexity index is 111. The van der Waals surface area contributed by atoms with Gasteiger partial charge in [0.1, 0.15) is 0 Å². The van der Waals surface area contributed by atoms with Crippen molar-refractivity contribution in [2.45, 2.75) is 19.8 Å². The fourth-order valence-electron chi connectivity index (χ4n) is 1.99. The normalized spacial score (nSPS) is 51.4. The Labute approximate surface area is 52.0 Å². The molecule has 0 aromatic carbocycles. The van der Waals surface area contributed by atoms with Gasteiger partial charge in [-0.15, -0.1) is 0 Å². The van der Waals surface area contributed by atoms with Crippen LogP contribution in [0.5, 0.6) is 0 Å². The van der Waals surface area contributed by atoms with Gasteiger partial charge in [0.15, 0.2) is 0 Å². The van der Waals surface area contributed by atoms with Gasteiger partial charge in [0.05, 0.1) is 0 Å². The molecule has 1 saturated carbocycles. The Morgan fingerprint density at radius 3 is 3.00 bits per heavy atom. The molecule has 1 saturated heterocycles. The average Bonchev–Trinajstić information content (AvgIpc) is 2.38. The van der Waals surface area contributed by atoms with Gasteiger partial charge in [-0.1, -0.05) is 6.92 Å². The molecule has 1 aliphatic heterocycles. The van der Waals surface area contributed by atoms with Crippen molar-refractivity contribution in [2.75, 3.05) is 13.1 Å². The van der Waals surface area contributed by atoms with Crippen LogP contribution in [0.15, 0.2) is 0 Å². The lowest BCUT2D eigenvalue weighted by Gasteiger charge is -2.04. The van der Waals surface area contributed by atoms with Gasteiger partial charge in [-0.3, -0.25) is 0 Å². The zero-order valence-electron chi connectivity index (χ0n) is 5.41. The van der Waals surface area contributed by atoms with Crippen LogP contribution in [0.2, 0.25) is 0 Å². The molecule has 2 rings (SSSR count). The van der Waals surface area contributed by atoms with Crippen LogP contribution < -0.4 is 5.32 Å². The van der Waals surface area contributed by atoms with Gasteiger partial charge < -0.3 is 5.32 Å². The molecule has 0 spiro atoms. The number of nitrogens with one attached hydrogen (secondary N) is 1. The van der Waals surface area contributed by atoms with Crippen LogP contribution in [0.4, 0.5) is 0 Å². The highest BCUT2D eigenvalue weighted by Gasteiger charge is 2.55. The van der Waals surface area contributed by atoms with Crippen molar-refractivity contribution in [1.82, 2.24) is 5.32 Å². The fraction of sp³-hybridized carbons (Fsp3) is 1.00. The van der Waals surface area contributed by atoms with Gasteiger partial charge >= 0.3 is 0 Å². The summed E-state index contributed by atoms with van der Waals surface area (Å²) in [5.41, 5.74) is 0.792. The van der Waals surface area contributed by atoms with Crippen molar-refractivity contribution < 1.29 is 1.43 Å². The summed E-state index contributed by atoms with van der Waals surface area (Å²) in [7, 11) is 0. The maximum Gasteiger partial charge on any atom is 0.00111 e. The SMILES string of the molecule is CC[C@@]12CNC[C@@H]1C2.[HH]. The van der Waals surface area contributed by atoms with Gasteiger partial charge in [-0.25, -0.2) is 0 Å². The molecule has 8 heavy (non-hydrogen) atoms. The Balaban J connectivity index is 0.000000405. The van der Waals surface area contributed by atoms with E-state index < -0.39 is 0 Å². The lowest BCUT2D eigenvalue weighted by Crippen LogP contribution is -2.15. The van der Waals surface area contributed by atoms with E-state index in [1.807, 2.05) is 0 Å². The van der Waals surface area contributed by atoms with Crippen LogP contribution >= 0.6 is 0 Å². The summed E-state index contributed by atoms with van der Waals surface area (Å²) in [6.45, 7) is 4.91. The molecular formula is C7H15N. The third-order valence-corrected chi connectivity index (χ3v) is 2.93. The third-order valence-electron chi connectivity index (χ3n) is 2.93. The summed E-state index contributed by atoms with van der Waals surface area (Å²) in [5.74, 6) is 1.06. The van der Waals surface area contributed by atoms with Crippen molar-refractivity contribution in [1.29, 1.82) is 0 Å². The second-order valence-corrected chi connectivity index (χ2v) is 3.25. The van der Waals surface area contributed by atoms with E-state index in [0.29, 0.717) is 0 Å². The van der Waals surface area contributed by atoms with Crippen molar-refractivity contribution in [2.24, 2.45) is 11.3 Å². The van der Waals surface area contributed by atoms with Crippen molar-refractivity contribution >= 4 is 0 Å². The van der Waals surface area contributed by atoms with Gasteiger partial charge in [0.2, 0.25) is 0 Å². The smallest absolute Gasteiger partial charge is 0.00111 e. The van der Waals surface area contributed by atoms with Gasteiger partial charge in [0.25, 0.3) is 0 Å². The number of piperidine rings is 1. The molecule has 1 heteroatoms. The molecule has 48 valence electrons. The van der Waals surface area contributed by atoms with Crippen LogP contribution in [-0.2, 0) is 0 Å². The fourth-order valence-corrected chi connectivity index (χ4v) is 1.99. The highest BCUT2D eigenvalue weighted by Crippen LogP contribution is 2.56. The first-order chi connectivity index (χ1) is 3.87. The molecule has 1 heterocycles. The predicted octanol–water partition coefficient (Wildman–Crippen LogP) is 1.25. The number of hydrogen-bond donors (Lipinski definition) is 1. The second kappa shape index (κ2) is 1.27. The summed E-state index contributed by atoms with van der Waals surface area (Å²) in [6.07, 6.45) is 2.90. The lowest BCUT2D eigenvalue weighted by molar-refractivity contribution is 0.496. The quantitative estimate of drug-likeness (QED) is 0.539. The van der Waals surface area contributed by atoms with E-state index in [1.54, 1.807) is 0 Å². The van der Waals surface area contributed by atoms with Crippen LogP contribution in [0.1, 0.15) is 21.2 Å².